The Balaban J connectivity index is 1.90. The first kappa shape index (κ1) is 21.8. The quantitative estimate of drug-likeness (QED) is 0.268. The Morgan fingerprint density at radius 1 is 1.00 bits per heavy atom. The van der Waals surface area contributed by atoms with Gasteiger partial charge in [0.2, 0.25) is 6.29 Å². The summed E-state index contributed by atoms with van der Waals surface area (Å²) in [6.45, 7) is 6.98. The van der Waals surface area contributed by atoms with E-state index < -0.39 is 18.2 Å². The van der Waals surface area contributed by atoms with Gasteiger partial charge in [0.1, 0.15) is 17.2 Å². The van der Waals surface area contributed by atoms with E-state index in [1.807, 2.05) is 6.92 Å². The number of benzene rings is 2. The molecular formula is C23H24O6. The van der Waals surface area contributed by atoms with Crippen molar-refractivity contribution in [3.63, 3.8) is 0 Å². The molecule has 0 aliphatic rings. The second-order valence-corrected chi connectivity index (χ2v) is 6.14. The Morgan fingerprint density at radius 2 is 1.59 bits per heavy atom. The number of carbonyl (C=O) groups is 2. The fourth-order valence-electron chi connectivity index (χ4n) is 2.18. The zero-order chi connectivity index (χ0) is 21.2. The molecule has 6 heteroatoms. The summed E-state index contributed by atoms with van der Waals surface area (Å²) in [6, 6.07) is 13.7. The van der Waals surface area contributed by atoms with E-state index in [4.69, 9.17) is 18.9 Å². The molecule has 0 amide bonds. The van der Waals surface area contributed by atoms with Crippen molar-refractivity contribution in [2.75, 3.05) is 7.11 Å². The molecule has 2 rings (SSSR count). The molecular weight excluding hydrogens is 372 g/mol. The number of rotatable bonds is 9. The van der Waals surface area contributed by atoms with E-state index >= 15 is 0 Å². The zero-order valence-corrected chi connectivity index (χ0v) is 16.7. The average Bonchev–Trinajstić information content (AvgIpc) is 2.73. The molecule has 0 N–H and O–H groups in total. The lowest BCUT2D eigenvalue weighted by Gasteiger charge is -2.18. The average molecular weight is 396 g/mol. The first-order chi connectivity index (χ1) is 13.9. The van der Waals surface area contributed by atoms with Crippen LogP contribution in [0, 0.1) is 0 Å². The third kappa shape index (κ3) is 7.18. The van der Waals surface area contributed by atoms with Gasteiger partial charge in [-0.05, 0) is 55.0 Å². The van der Waals surface area contributed by atoms with Gasteiger partial charge >= 0.3 is 11.9 Å². The monoisotopic (exact) mass is 396 g/mol. The summed E-state index contributed by atoms with van der Waals surface area (Å²) in [4.78, 5) is 23.5. The van der Waals surface area contributed by atoms with Crippen LogP contribution < -0.4 is 14.2 Å². The summed E-state index contributed by atoms with van der Waals surface area (Å²) < 4.78 is 21.1. The summed E-state index contributed by atoms with van der Waals surface area (Å²) in [7, 11) is 1.57. The molecule has 0 bridgehead atoms. The molecule has 0 saturated carbocycles. The van der Waals surface area contributed by atoms with Gasteiger partial charge in [-0.2, -0.15) is 0 Å². The number of carbonyl (C=O) groups excluding carboxylic acids is 2. The van der Waals surface area contributed by atoms with Gasteiger partial charge in [0.15, 0.2) is 0 Å². The molecule has 0 heterocycles. The van der Waals surface area contributed by atoms with Crippen LogP contribution in [0.15, 0.2) is 66.8 Å². The highest BCUT2D eigenvalue weighted by molar-refractivity contribution is 5.88. The van der Waals surface area contributed by atoms with Crippen LogP contribution in [0.5, 0.6) is 17.2 Å². The second-order valence-electron chi connectivity index (χ2n) is 6.14. The molecule has 0 aliphatic carbocycles. The highest BCUT2D eigenvalue weighted by Gasteiger charge is 2.14. The van der Waals surface area contributed by atoms with Crippen LogP contribution in [-0.2, 0) is 14.3 Å². The van der Waals surface area contributed by atoms with E-state index in [2.05, 4.69) is 6.58 Å². The molecule has 0 radical (unpaired) electrons. The fraction of sp³-hybridized carbons (Fsp3) is 0.217. The highest BCUT2D eigenvalue weighted by atomic mass is 16.7. The maximum absolute atomic E-state index is 11.9. The molecule has 152 valence electrons. The van der Waals surface area contributed by atoms with Gasteiger partial charge < -0.3 is 18.9 Å². The Bertz CT molecular complexity index is 865. The predicted molar refractivity (Wildman–Crippen MR) is 110 cm³/mol. The van der Waals surface area contributed by atoms with Crippen molar-refractivity contribution < 1.29 is 28.5 Å². The maximum Gasteiger partial charge on any atom is 0.336 e. The van der Waals surface area contributed by atoms with Crippen molar-refractivity contribution in [1.82, 2.24) is 0 Å². The minimum absolute atomic E-state index is 0.314. The molecule has 0 saturated heterocycles. The summed E-state index contributed by atoms with van der Waals surface area (Å²) in [6.07, 6.45) is 2.77. The highest BCUT2D eigenvalue weighted by Crippen LogP contribution is 2.19. The van der Waals surface area contributed by atoms with Crippen LogP contribution in [0.1, 0.15) is 25.8 Å². The summed E-state index contributed by atoms with van der Waals surface area (Å²) in [5.41, 5.74) is 1.10. The molecule has 29 heavy (non-hydrogen) atoms. The number of methoxy groups -OCH3 is 1. The summed E-state index contributed by atoms with van der Waals surface area (Å²) in [5.74, 6) is 0.672. The van der Waals surface area contributed by atoms with Crippen LogP contribution in [0.25, 0.3) is 6.08 Å². The van der Waals surface area contributed by atoms with Gasteiger partial charge in [0.25, 0.3) is 0 Å². The van der Waals surface area contributed by atoms with Crippen molar-refractivity contribution in [3.05, 3.63) is 72.3 Å². The molecule has 0 aliphatic heterocycles. The van der Waals surface area contributed by atoms with Gasteiger partial charge in [-0.3, -0.25) is 0 Å². The number of ether oxygens (including phenoxy) is 4. The van der Waals surface area contributed by atoms with Crippen LogP contribution in [-0.4, -0.2) is 25.3 Å². The molecule has 6 nitrogen and oxygen atoms in total. The molecule has 2 aromatic rings. The molecule has 0 aromatic heterocycles. The van der Waals surface area contributed by atoms with Crippen LogP contribution in [0.2, 0.25) is 0 Å². The molecule has 0 spiro atoms. The van der Waals surface area contributed by atoms with Crippen molar-refractivity contribution in [1.29, 1.82) is 0 Å². The number of hydrogen-bond acceptors (Lipinski definition) is 6. The fourth-order valence-corrected chi connectivity index (χ4v) is 2.18. The van der Waals surface area contributed by atoms with E-state index in [0.717, 1.165) is 5.56 Å². The van der Waals surface area contributed by atoms with E-state index in [0.29, 0.717) is 29.2 Å². The van der Waals surface area contributed by atoms with Crippen molar-refractivity contribution in [2.45, 2.75) is 26.6 Å². The standard InChI is InChI=1S/C23H24O6/c1-5-22(29-23(25)16(2)3)28-20-9-6-17(7-10-20)8-15-21(24)27-19-13-11-18(26-4)12-14-19/h6-15,22H,2,5H2,1,3-4H3/b15-8+. The van der Waals surface area contributed by atoms with E-state index in [9.17, 15) is 9.59 Å². The molecule has 1 atom stereocenters. The SMILES string of the molecule is C=C(C)C(=O)OC(CC)Oc1ccc(/C=C/C(=O)Oc2ccc(OC)cc2)cc1. The first-order valence-electron chi connectivity index (χ1n) is 9.08. The molecule has 1 unspecified atom stereocenters. The summed E-state index contributed by atoms with van der Waals surface area (Å²) >= 11 is 0. The van der Waals surface area contributed by atoms with Gasteiger partial charge in [-0.1, -0.05) is 25.6 Å². The predicted octanol–water partition coefficient (Wildman–Crippen LogP) is 4.55. The zero-order valence-electron chi connectivity index (χ0n) is 16.7. The topological polar surface area (TPSA) is 71.1 Å². The lowest BCUT2D eigenvalue weighted by Crippen LogP contribution is -2.23. The normalized spacial score (nSPS) is 11.6. The van der Waals surface area contributed by atoms with E-state index in [-0.39, 0.29) is 0 Å². The van der Waals surface area contributed by atoms with Gasteiger partial charge in [0.05, 0.1) is 7.11 Å². The summed E-state index contributed by atoms with van der Waals surface area (Å²) in [5, 5.41) is 0. The van der Waals surface area contributed by atoms with Crippen molar-refractivity contribution in [3.8, 4) is 17.2 Å². The van der Waals surface area contributed by atoms with Crippen LogP contribution >= 0.6 is 0 Å². The number of esters is 2. The van der Waals surface area contributed by atoms with Crippen LogP contribution in [0.3, 0.4) is 0 Å². The molecule has 2 aromatic carbocycles. The Hall–Kier alpha value is -3.54. The van der Waals surface area contributed by atoms with E-state index in [1.54, 1.807) is 68.6 Å². The molecule has 0 fully saturated rings. The first-order valence-corrected chi connectivity index (χ1v) is 9.08. The van der Waals surface area contributed by atoms with Gasteiger partial charge in [0, 0.05) is 18.1 Å². The largest absolute Gasteiger partial charge is 0.497 e. The Morgan fingerprint density at radius 3 is 2.14 bits per heavy atom. The minimum Gasteiger partial charge on any atom is -0.497 e. The lowest BCUT2D eigenvalue weighted by molar-refractivity contribution is -0.159. The Kier molecular flexibility index (Phi) is 8.03. The van der Waals surface area contributed by atoms with Crippen LogP contribution in [0.4, 0.5) is 0 Å². The maximum atomic E-state index is 11.9. The third-order valence-corrected chi connectivity index (χ3v) is 3.76. The van der Waals surface area contributed by atoms with Crippen molar-refractivity contribution >= 4 is 18.0 Å². The smallest absolute Gasteiger partial charge is 0.336 e. The van der Waals surface area contributed by atoms with Crippen molar-refractivity contribution in [2.24, 2.45) is 0 Å². The van der Waals surface area contributed by atoms with E-state index in [1.165, 1.54) is 6.08 Å². The van der Waals surface area contributed by atoms with Gasteiger partial charge in [-0.25, -0.2) is 9.59 Å². The lowest BCUT2D eigenvalue weighted by atomic mass is 10.2. The van der Waals surface area contributed by atoms with Gasteiger partial charge in [-0.15, -0.1) is 0 Å². The Labute approximate surface area is 170 Å². The minimum atomic E-state index is -0.694. The third-order valence-electron chi connectivity index (χ3n) is 3.76. The second kappa shape index (κ2) is 10.7. The number of hydrogen-bond donors (Lipinski definition) is 0.